The average molecular weight is 401 g/mol. The van der Waals surface area contributed by atoms with Crippen molar-refractivity contribution in [1.29, 1.82) is 0 Å². The minimum Gasteiger partial charge on any atom is -0.616 e. The second-order valence-corrected chi connectivity index (χ2v) is 8.60. The van der Waals surface area contributed by atoms with E-state index < -0.39 is 41.1 Å². The summed E-state index contributed by atoms with van der Waals surface area (Å²) in [5.41, 5.74) is -0.235. The lowest BCUT2D eigenvalue weighted by molar-refractivity contribution is 0.136. The quantitative estimate of drug-likeness (QED) is 0.733. The Morgan fingerprint density at radius 1 is 1.37 bits per heavy atom. The van der Waals surface area contributed by atoms with Crippen molar-refractivity contribution in [3.63, 3.8) is 0 Å². The molecular weight excluding hydrogens is 384 g/mol. The van der Waals surface area contributed by atoms with Gasteiger partial charge < -0.3 is 24.6 Å². The van der Waals surface area contributed by atoms with Crippen molar-refractivity contribution in [1.82, 2.24) is 5.32 Å². The number of nitrogens with zero attached hydrogens (tertiary/aromatic N) is 2. The second kappa shape index (κ2) is 6.41. The topological polar surface area (TPSA) is 105 Å². The maximum Gasteiger partial charge on any atom is 0.414 e. The number of ether oxygens (including phenoxy) is 1. The maximum absolute atomic E-state index is 14.6. The highest BCUT2D eigenvalue weighted by atomic mass is 32.2. The number of halogens is 2. The van der Waals surface area contributed by atoms with Crippen LogP contribution in [0.1, 0.15) is 0 Å². The van der Waals surface area contributed by atoms with Gasteiger partial charge in [0.25, 0.3) is 0 Å². The number of cyclic esters (lactones) is 1. The van der Waals surface area contributed by atoms with E-state index in [4.69, 9.17) is 9.84 Å². The fraction of sp³-hybridized carbons (Fsp3) is 0.500. The average Bonchev–Trinajstić information content (AvgIpc) is 2.89. The third kappa shape index (κ3) is 3.25. The fourth-order valence-corrected chi connectivity index (χ4v) is 5.44. The van der Waals surface area contributed by atoms with Gasteiger partial charge in [0.05, 0.1) is 24.2 Å². The Hall–Kier alpha value is -2.27. The Balaban J connectivity index is 1.46. The number of nitrogens with one attached hydrogen (secondary N) is 1. The summed E-state index contributed by atoms with van der Waals surface area (Å²) in [6, 6.07) is 2.13. The number of carbonyl (C=O) groups excluding carboxylic acids is 1. The van der Waals surface area contributed by atoms with Gasteiger partial charge in [-0.15, -0.1) is 0 Å². The van der Waals surface area contributed by atoms with Crippen LogP contribution in [0.2, 0.25) is 0 Å². The lowest BCUT2D eigenvalue weighted by Crippen LogP contribution is -2.68. The van der Waals surface area contributed by atoms with Crippen molar-refractivity contribution >= 4 is 34.7 Å². The van der Waals surface area contributed by atoms with Gasteiger partial charge in [-0.3, -0.25) is 4.90 Å². The molecule has 1 spiro atoms. The lowest BCUT2D eigenvalue weighted by atomic mass is 9.82. The van der Waals surface area contributed by atoms with E-state index in [1.807, 2.05) is 0 Å². The molecule has 2 N–H and O–H groups in total. The molecule has 0 saturated carbocycles. The van der Waals surface area contributed by atoms with E-state index in [1.165, 1.54) is 0 Å². The Bertz CT molecular complexity index is 773. The number of carboxylic acid groups (broad SMARTS) is 1. The fourth-order valence-electron chi connectivity index (χ4n) is 3.79. The van der Waals surface area contributed by atoms with Crippen LogP contribution in [0.15, 0.2) is 12.1 Å². The number of hydrogen-bond donors (Lipinski definition) is 2. The van der Waals surface area contributed by atoms with Crippen LogP contribution in [-0.2, 0) is 15.9 Å². The summed E-state index contributed by atoms with van der Waals surface area (Å²) in [6.07, 6.45) is -2.79. The predicted molar refractivity (Wildman–Crippen MR) is 92.5 cm³/mol. The Morgan fingerprint density at radius 2 is 2.00 bits per heavy atom. The molecule has 3 aliphatic rings. The Morgan fingerprint density at radius 3 is 2.56 bits per heavy atom. The smallest absolute Gasteiger partial charge is 0.414 e. The monoisotopic (exact) mass is 401 g/mol. The van der Waals surface area contributed by atoms with Crippen LogP contribution in [0.25, 0.3) is 0 Å². The van der Waals surface area contributed by atoms with E-state index in [0.717, 1.165) is 17.0 Å². The molecule has 0 aromatic heterocycles. The van der Waals surface area contributed by atoms with E-state index >= 15 is 0 Å². The first-order valence-corrected chi connectivity index (χ1v) is 9.79. The van der Waals surface area contributed by atoms with E-state index in [2.05, 4.69) is 5.32 Å². The molecule has 0 aliphatic carbocycles. The molecule has 3 heterocycles. The van der Waals surface area contributed by atoms with Gasteiger partial charge in [0.15, 0.2) is 11.6 Å². The summed E-state index contributed by atoms with van der Waals surface area (Å²) in [7, 11) is 0. The molecule has 1 aromatic rings. The summed E-state index contributed by atoms with van der Waals surface area (Å²) in [5, 5.41) is 10.7. The second-order valence-electron chi connectivity index (χ2n) is 7.15. The van der Waals surface area contributed by atoms with Gasteiger partial charge in [-0.05, 0) is 0 Å². The predicted octanol–water partition coefficient (Wildman–Crippen LogP) is 1.13. The molecule has 1 aromatic carbocycles. The molecule has 27 heavy (non-hydrogen) atoms. The summed E-state index contributed by atoms with van der Waals surface area (Å²) >= 11 is -0.824. The Labute approximate surface area is 156 Å². The molecule has 0 bridgehead atoms. The summed E-state index contributed by atoms with van der Waals surface area (Å²) < 4.78 is 45.4. The lowest BCUT2D eigenvalue weighted by Gasteiger charge is -2.55. The molecule has 0 radical (unpaired) electrons. The highest BCUT2D eigenvalue weighted by Crippen LogP contribution is 2.45. The molecule has 8 nitrogen and oxygen atoms in total. The van der Waals surface area contributed by atoms with Crippen LogP contribution < -0.4 is 15.1 Å². The van der Waals surface area contributed by atoms with Gasteiger partial charge in [-0.1, -0.05) is 11.2 Å². The van der Waals surface area contributed by atoms with Gasteiger partial charge in [-0.25, -0.2) is 18.4 Å². The first-order chi connectivity index (χ1) is 12.8. The molecule has 3 fully saturated rings. The zero-order chi connectivity index (χ0) is 19.3. The van der Waals surface area contributed by atoms with Gasteiger partial charge in [0, 0.05) is 25.2 Å². The van der Waals surface area contributed by atoms with Crippen LogP contribution in [0.3, 0.4) is 0 Å². The maximum atomic E-state index is 14.6. The molecule has 11 heteroatoms. The minimum atomic E-state index is -1.26. The first-order valence-electron chi connectivity index (χ1n) is 8.30. The molecule has 3 aliphatic heterocycles. The zero-order valence-electron chi connectivity index (χ0n) is 14.1. The number of amides is 2. The molecule has 3 saturated heterocycles. The largest absolute Gasteiger partial charge is 0.616 e. The standard InChI is InChI=1S/C16H17F2N3O5S/c17-11-1-9(21-4-10(26-15(21)24)3-19-14(22)23)2-12(18)13(11)20-5-16(6-20)7-27(25)8-16/h1-2,10,19H,3-8H2,(H,22,23). The highest BCUT2D eigenvalue weighted by Gasteiger charge is 2.57. The number of rotatable bonds is 4. The molecule has 2 amide bonds. The van der Waals surface area contributed by atoms with Crippen LogP contribution in [0.5, 0.6) is 0 Å². The summed E-state index contributed by atoms with van der Waals surface area (Å²) in [4.78, 5) is 25.1. The SMILES string of the molecule is O=C(O)NCC1CN(c2cc(F)c(N3CC4(C3)C[S+]([O-])C4)c(F)c2)C(=O)O1. The first kappa shape index (κ1) is 18.1. The van der Waals surface area contributed by atoms with E-state index in [-0.39, 0.29) is 29.9 Å². The molecule has 4 rings (SSSR count). The van der Waals surface area contributed by atoms with Crippen LogP contribution in [0.4, 0.5) is 29.7 Å². The number of anilines is 2. The number of carbonyl (C=O) groups is 2. The minimum absolute atomic E-state index is 0.0107. The normalized spacial score (nSPS) is 23.8. The third-order valence-electron chi connectivity index (χ3n) is 4.97. The summed E-state index contributed by atoms with van der Waals surface area (Å²) in [6.45, 7) is 0.787. The van der Waals surface area contributed by atoms with E-state index in [1.54, 1.807) is 4.90 Å². The van der Waals surface area contributed by atoms with Gasteiger partial charge in [0.1, 0.15) is 23.3 Å². The third-order valence-corrected chi connectivity index (χ3v) is 6.84. The van der Waals surface area contributed by atoms with Gasteiger partial charge in [-0.2, -0.15) is 0 Å². The van der Waals surface area contributed by atoms with Gasteiger partial charge >= 0.3 is 12.2 Å². The molecular formula is C16H17F2N3O5S. The number of hydrogen-bond acceptors (Lipinski definition) is 5. The van der Waals surface area contributed by atoms with Crippen molar-refractivity contribution in [3.05, 3.63) is 23.8 Å². The van der Waals surface area contributed by atoms with Crippen LogP contribution in [-0.4, -0.2) is 65.6 Å². The van der Waals surface area contributed by atoms with Crippen molar-refractivity contribution in [2.24, 2.45) is 5.41 Å². The molecule has 146 valence electrons. The van der Waals surface area contributed by atoms with E-state index in [0.29, 0.717) is 24.6 Å². The highest BCUT2D eigenvalue weighted by molar-refractivity contribution is 7.92. The Kier molecular flexibility index (Phi) is 4.30. The van der Waals surface area contributed by atoms with Crippen LogP contribution >= 0.6 is 0 Å². The van der Waals surface area contributed by atoms with E-state index in [9.17, 15) is 22.9 Å². The molecule has 1 unspecified atom stereocenters. The number of benzene rings is 1. The van der Waals surface area contributed by atoms with Crippen molar-refractivity contribution < 1.29 is 32.8 Å². The van der Waals surface area contributed by atoms with Crippen molar-refractivity contribution in [2.75, 3.05) is 47.5 Å². The summed E-state index contributed by atoms with van der Waals surface area (Å²) in [5.74, 6) is -0.452. The van der Waals surface area contributed by atoms with Crippen LogP contribution in [0, 0.1) is 17.0 Å². The molecule has 1 atom stereocenters. The van der Waals surface area contributed by atoms with Gasteiger partial charge in [0.2, 0.25) is 0 Å². The van der Waals surface area contributed by atoms with Crippen molar-refractivity contribution in [2.45, 2.75) is 6.10 Å². The zero-order valence-corrected chi connectivity index (χ0v) is 14.9. The van der Waals surface area contributed by atoms with Crippen molar-refractivity contribution in [3.8, 4) is 0 Å².